The average molecular weight is 151 g/mol. The number of rotatable bonds is 0. The van der Waals surface area contributed by atoms with E-state index < -0.39 is 0 Å². The summed E-state index contributed by atoms with van der Waals surface area (Å²) in [5.41, 5.74) is 0. The van der Waals surface area contributed by atoms with Crippen LogP contribution in [-0.4, -0.2) is 23.4 Å². The van der Waals surface area contributed by atoms with E-state index in [-0.39, 0.29) is 0 Å². The largest absolute Gasteiger partial charge is 0.360 e. The van der Waals surface area contributed by atoms with Crippen molar-refractivity contribution in [3.05, 3.63) is 12.3 Å². The van der Waals surface area contributed by atoms with E-state index in [1.807, 2.05) is 6.20 Å². The first-order valence-electron chi connectivity index (χ1n) is 4.03. The van der Waals surface area contributed by atoms with Crippen LogP contribution in [0.1, 0.15) is 19.4 Å². The lowest BCUT2D eigenvalue weighted by molar-refractivity contribution is 0.430. The Balaban J connectivity index is 2.43. The Kier molecular flexibility index (Phi) is 1.37. The molecule has 0 aromatic carbocycles. The minimum absolute atomic E-state index is 0.566. The van der Waals surface area contributed by atoms with Gasteiger partial charge in [-0.05, 0) is 13.3 Å². The maximum absolute atomic E-state index is 4.26. The van der Waals surface area contributed by atoms with E-state index in [0.717, 1.165) is 6.54 Å². The molecule has 0 saturated heterocycles. The van der Waals surface area contributed by atoms with Crippen LogP contribution in [0.4, 0.5) is 5.82 Å². The van der Waals surface area contributed by atoms with Crippen molar-refractivity contribution in [3.8, 4) is 0 Å². The molecule has 3 heteroatoms. The number of hydrogen-bond acceptors (Lipinski definition) is 2. The fraction of sp³-hybridized carbons (Fsp3) is 0.625. The fourth-order valence-electron chi connectivity index (χ4n) is 1.57. The standard InChI is InChI=1S/C8H13N3/c1-7-4-6-10(2)8-3-5-9-11(7)8/h3,5,7H,4,6H2,1-2H3/t7-/m0/s1. The zero-order valence-corrected chi connectivity index (χ0v) is 6.99. The second-order valence-electron chi connectivity index (χ2n) is 3.19. The summed E-state index contributed by atoms with van der Waals surface area (Å²) in [6, 6.07) is 2.63. The predicted molar refractivity (Wildman–Crippen MR) is 44.8 cm³/mol. The lowest BCUT2D eigenvalue weighted by atomic mass is 10.2. The Morgan fingerprint density at radius 3 is 3.18 bits per heavy atom. The van der Waals surface area contributed by atoms with Gasteiger partial charge in [-0.3, -0.25) is 0 Å². The van der Waals surface area contributed by atoms with Crippen molar-refractivity contribution in [2.75, 3.05) is 18.5 Å². The van der Waals surface area contributed by atoms with Gasteiger partial charge in [0, 0.05) is 19.7 Å². The molecule has 1 atom stereocenters. The van der Waals surface area contributed by atoms with Gasteiger partial charge in [0.15, 0.2) is 0 Å². The van der Waals surface area contributed by atoms with Crippen molar-refractivity contribution < 1.29 is 0 Å². The van der Waals surface area contributed by atoms with Crippen molar-refractivity contribution in [2.24, 2.45) is 0 Å². The first-order valence-corrected chi connectivity index (χ1v) is 4.03. The predicted octanol–water partition coefficient (Wildman–Crippen LogP) is 1.28. The van der Waals surface area contributed by atoms with Crippen LogP contribution in [0, 0.1) is 0 Å². The van der Waals surface area contributed by atoms with E-state index in [2.05, 4.69) is 34.7 Å². The Hall–Kier alpha value is -0.990. The van der Waals surface area contributed by atoms with Crippen LogP contribution in [0.3, 0.4) is 0 Å². The minimum Gasteiger partial charge on any atom is -0.360 e. The summed E-state index contributed by atoms with van der Waals surface area (Å²) in [5.74, 6) is 1.24. The molecule has 3 nitrogen and oxygen atoms in total. The first-order chi connectivity index (χ1) is 5.29. The van der Waals surface area contributed by atoms with E-state index in [1.165, 1.54) is 12.2 Å². The van der Waals surface area contributed by atoms with Gasteiger partial charge in [0.1, 0.15) is 5.82 Å². The van der Waals surface area contributed by atoms with E-state index in [1.54, 1.807) is 0 Å². The lowest BCUT2D eigenvalue weighted by Gasteiger charge is -2.29. The van der Waals surface area contributed by atoms with Crippen LogP contribution in [0.2, 0.25) is 0 Å². The summed E-state index contributed by atoms with van der Waals surface area (Å²) in [5, 5.41) is 4.26. The molecule has 0 fully saturated rings. The molecule has 1 aliphatic rings. The Bertz CT molecular complexity index is 229. The van der Waals surface area contributed by atoms with Gasteiger partial charge in [0.25, 0.3) is 0 Å². The van der Waals surface area contributed by atoms with Crippen LogP contribution in [0.25, 0.3) is 0 Å². The molecule has 1 aromatic heterocycles. The molecule has 0 N–H and O–H groups in total. The summed E-state index contributed by atoms with van der Waals surface area (Å²) in [6.45, 7) is 3.36. The maximum Gasteiger partial charge on any atom is 0.126 e. The molecule has 0 spiro atoms. The number of nitrogens with zero attached hydrogens (tertiary/aromatic N) is 3. The molecular weight excluding hydrogens is 138 g/mol. The summed E-state index contributed by atoms with van der Waals surface area (Å²) < 4.78 is 2.09. The SMILES string of the molecule is C[C@H]1CCN(C)c2ccnn21. The van der Waals surface area contributed by atoms with Crippen LogP contribution in [0.15, 0.2) is 12.3 Å². The van der Waals surface area contributed by atoms with Crippen molar-refractivity contribution in [3.63, 3.8) is 0 Å². The first kappa shape index (κ1) is 6.70. The molecule has 11 heavy (non-hydrogen) atoms. The molecular formula is C8H13N3. The third-order valence-corrected chi connectivity index (χ3v) is 2.34. The monoisotopic (exact) mass is 151 g/mol. The van der Waals surface area contributed by atoms with Gasteiger partial charge in [-0.1, -0.05) is 0 Å². The topological polar surface area (TPSA) is 21.1 Å². The zero-order chi connectivity index (χ0) is 7.84. The van der Waals surface area contributed by atoms with Crippen molar-refractivity contribution in [2.45, 2.75) is 19.4 Å². The lowest BCUT2D eigenvalue weighted by Crippen LogP contribution is -2.30. The van der Waals surface area contributed by atoms with E-state index in [9.17, 15) is 0 Å². The molecule has 0 unspecified atom stereocenters. The highest BCUT2D eigenvalue weighted by Crippen LogP contribution is 2.24. The van der Waals surface area contributed by atoms with Gasteiger partial charge >= 0.3 is 0 Å². The zero-order valence-electron chi connectivity index (χ0n) is 6.99. The summed E-state index contributed by atoms with van der Waals surface area (Å²) in [7, 11) is 2.11. The normalized spacial score (nSPS) is 23.5. The van der Waals surface area contributed by atoms with Crippen LogP contribution >= 0.6 is 0 Å². The second-order valence-corrected chi connectivity index (χ2v) is 3.19. The molecule has 1 aliphatic heterocycles. The van der Waals surface area contributed by atoms with Crippen LogP contribution < -0.4 is 4.90 Å². The third-order valence-electron chi connectivity index (χ3n) is 2.34. The number of aromatic nitrogens is 2. The molecule has 0 aliphatic carbocycles. The van der Waals surface area contributed by atoms with Gasteiger partial charge in [0.05, 0.1) is 12.2 Å². The van der Waals surface area contributed by atoms with Gasteiger partial charge in [0.2, 0.25) is 0 Å². The van der Waals surface area contributed by atoms with Gasteiger partial charge < -0.3 is 4.90 Å². The molecule has 60 valence electrons. The van der Waals surface area contributed by atoms with Crippen LogP contribution in [-0.2, 0) is 0 Å². The summed E-state index contributed by atoms with van der Waals surface area (Å²) in [4.78, 5) is 2.24. The van der Waals surface area contributed by atoms with Crippen molar-refractivity contribution in [1.29, 1.82) is 0 Å². The second kappa shape index (κ2) is 2.26. The average Bonchev–Trinajstić information content (AvgIpc) is 2.45. The molecule has 0 bridgehead atoms. The fourth-order valence-corrected chi connectivity index (χ4v) is 1.57. The van der Waals surface area contributed by atoms with E-state index in [4.69, 9.17) is 0 Å². The van der Waals surface area contributed by atoms with Crippen molar-refractivity contribution >= 4 is 5.82 Å². The van der Waals surface area contributed by atoms with Crippen molar-refractivity contribution in [1.82, 2.24) is 9.78 Å². The molecule has 0 amide bonds. The summed E-state index contributed by atoms with van der Waals surface area (Å²) >= 11 is 0. The number of hydrogen-bond donors (Lipinski definition) is 0. The van der Waals surface area contributed by atoms with E-state index in [0.29, 0.717) is 6.04 Å². The minimum atomic E-state index is 0.566. The number of anilines is 1. The highest BCUT2D eigenvalue weighted by molar-refractivity contribution is 5.38. The Labute approximate surface area is 66.6 Å². The third kappa shape index (κ3) is 0.914. The molecule has 0 radical (unpaired) electrons. The van der Waals surface area contributed by atoms with Gasteiger partial charge in [-0.15, -0.1) is 0 Å². The van der Waals surface area contributed by atoms with E-state index >= 15 is 0 Å². The van der Waals surface area contributed by atoms with Gasteiger partial charge in [-0.25, -0.2) is 4.68 Å². The molecule has 2 rings (SSSR count). The van der Waals surface area contributed by atoms with Crippen LogP contribution in [0.5, 0.6) is 0 Å². The molecule has 1 aromatic rings. The molecule has 0 saturated carbocycles. The highest BCUT2D eigenvalue weighted by atomic mass is 15.4. The summed E-state index contributed by atoms with van der Waals surface area (Å²) in [6.07, 6.45) is 3.07. The molecule has 2 heterocycles. The highest BCUT2D eigenvalue weighted by Gasteiger charge is 2.18. The smallest absolute Gasteiger partial charge is 0.126 e. The number of fused-ring (bicyclic) bond motifs is 1. The quantitative estimate of drug-likeness (QED) is 0.557. The van der Waals surface area contributed by atoms with Gasteiger partial charge in [-0.2, -0.15) is 5.10 Å². The Morgan fingerprint density at radius 1 is 1.64 bits per heavy atom. The maximum atomic E-state index is 4.26. The Morgan fingerprint density at radius 2 is 2.45 bits per heavy atom.